The molecule has 1 aliphatic carbocycles. The van der Waals surface area contributed by atoms with Crippen molar-refractivity contribution in [2.45, 2.75) is 44.4 Å². The zero-order chi connectivity index (χ0) is 26.7. The number of benzene rings is 3. The molecule has 8 nitrogen and oxygen atoms in total. The van der Waals surface area contributed by atoms with Crippen molar-refractivity contribution in [1.29, 1.82) is 0 Å². The second-order valence-corrected chi connectivity index (χ2v) is 9.85. The van der Waals surface area contributed by atoms with Crippen LogP contribution in [0.1, 0.15) is 59.8 Å². The van der Waals surface area contributed by atoms with Gasteiger partial charge in [0.1, 0.15) is 18.3 Å². The third-order valence-corrected chi connectivity index (χ3v) is 6.09. The van der Waals surface area contributed by atoms with Gasteiger partial charge in [0.15, 0.2) is 6.04 Å². The minimum atomic E-state index is -1.66. The molecular formula is C29H29NO7. The first-order valence-corrected chi connectivity index (χ1v) is 11.9. The van der Waals surface area contributed by atoms with Crippen LogP contribution >= 0.6 is 0 Å². The van der Waals surface area contributed by atoms with Crippen molar-refractivity contribution in [1.82, 2.24) is 5.32 Å². The van der Waals surface area contributed by atoms with Gasteiger partial charge in [-0.25, -0.2) is 14.4 Å². The number of ether oxygens (including phenoxy) is 2. The molecule has 0 radical (unpaired) electrons. The van der Waals surface area contributed by atoms with Gasteiger partial charge in [-0.05, 0) is 60.7 Å². The van der Waals surface area contributed by atoms with Gasteiger partial charge in [0, 0.05) is 5.92 Å². The Morgan fingerprint density at radius 1 is 0.892 bits per heavy atom. The fourth-order valence-corrected chi connectivity index (χ4v) is 4.39. The van der Waals surface area contributed by atoms with Crippen molar-refractivity contribution in [3.8, 4) is 11.1 Å². The molecule has 3 aromatic rings. The van der Waals surface area contributed by atoms with Gasteiger partial charge in [0.05, 0.1) is 5.56 Å². The molecular weight excluding hydrogens is 474 g/mol. The number of aliphatic carboxylic acids is 1. The van der Waals surface area contributed by atoms with Crippen molar-refractivity contribution < 1.29 is 34.1 Å². The Kier molecular flexibility index (Phi) is 7.31. The number of alkyl carbamates (subject to hydrolysis) is 1. The number of carboxylic acids is 1. The van der Waals surface area contributed by atoms with E-state index < -0.39 is 35.8 Å². The van der Waals surface area contributed by atoms with Gasteiger partial charge in [-0.15, -0.1) is 0 Å². The summed E-state index contributed by atoms with van der Waals surface area (Å²) in [6.07, 6.45) is -2.54. The highest BCUT2D eigenvalue weighted by Crippen LogP contribution is 2.44. The number of hydrogen-bond acceptors (Lipinski definition) is 6. The highest BCUT2D eigenvalue weighted by molar-refractivity contribution is 5.89. The van der Waals surface area contributed by atoms with Crippen molar-refractivity contribution >= 4 is 18.0 Å². The quantitative estimate of drug-likeness (QED) is 0.401. The molecule has 0 saturated carbocycles. The van der Waals surface area contributed by atoms with Crippen LogP contribution in [0.3, 0.4) is 0 Å². The fraction of sp³-hybridized carbons (Fsp3) is 0.276. The maximum absolute atomic E-state index is 12.6. The van der Waals surface area contributed by atoms with E-state index in [2.05, 4.69) is 5.32 Å². The fourth-order valence-electron chi connectivity index (χ4n) is 4.39. The van der Waals surface area contributed by atoms with Crippen LogP contribution < -0.4 is 5.32 Å². The Hall–Kier alpha value is -4.17. The summed E-state index contributed by atoms with van der Waals surface area (Å²) in [5.41, 5.74) is 3.98. The Balaban J connectivity index is 1.42. The van der Waals surface area contributed by atoms with E-state index in [1.165, 1.54) is 24.3 Å². The molecule has 192 valence electrons. The minimum Gasteiger partial charge on any atom is -0.480 e. The first kappa shape index (κ1) is 25.9. The molecule has 3 N–H and O–H groups in total. The van der Waals surface area contributed by atoms with Gasteiger partial charge in [-0.1, -0.05) is 60.7 Å². The van der Waals surface area contributed by atoms with Crippen LogP contribution in [0, 0.1) is 0 Å². The van der Waals surface area contributed by atoms with Gasteiger partial charge < -0.3 is 25.0 Å². The van der Waals surface area contributed by atoms with E-state index in [-0.39, 0.29) is 23.7 Å². The van der Waals surface area contributed by atoms with Gasteiger partial charge >= 0.3 is 18.0 Å². The molecule has 3 aromatic carbocycles. The largest absolute Gasteiger partial charge is 0.480 e. The van der Waals surface area contributed by atoms with E-state index in [0.29, 0.717) is 0 Å². The number of esters is 1. The summed E-state index contributed by atoms with van der Waals surface area (Å²) < 4.78 is 10.7. The lowest BCUT2D eigenvalue weighted by Gasteiger charge is -2.22. The van der Waals surface area contributed by atoms with E-state index in [1.807, 2.05) is 48.5 Å². The average molecular weight is 504 g/mol. The number of nitrogens with one attached hydrogen (secondary N) is 1. The molecule has 0 fully saturated rings. The van der Waals surface area contributed by atoms with Crippen LogP contribution in [0.25, 0.3) is 11.1 Å². The van der Waals surface area contributed by atoms with Gasteiger partial charge in [-0.3, -0.25) is 0 Å². The van der Waals surface area contributed by atoms with Gasteiger partial charge in [0.25, 0.3) is 0 Å². The third kappa shape index (κ3) is 5.81. The van der Waals surface area contributed by atoms with Crippen LogP contribution in [0.2, 0.25) is 0 Å². The second-order valence-electron chi connectivity index (χ2n) is 9.85. The molecule has 1 aliphatic rings. The van der Waals surface area contributed by atoms with Gasteiger partial charge in [0.2, 0.25) is 0 Å². The Morgan fingerprint density at radius 3 is 1.95 bits per heavy atom. The van der Waals surface area contributed by atoms with Crippen molar-refractivity contribution in [3.63, 3.8) is 0 Å². The smallest absolute Gasteiger partial charge is 0.407 e. The summed E-state index contributed by atoms with van der Waals surface area (Å²) >= 11 is 0. The highest BCUT2D eigenvalue weighted by Gasteiger charge is 2.32. The van der Waals surface area contributed by atoms with Crippen molar-refractivity contribution in [3.05, 3.63) is 95.1 Å². The molecule has 4 rings (SSSR count). The zero-order valence-corrected chi connectivity index (χ0v) is 20.8. The molecule has 0 heterocycles. The molecule has 37 heavy (non-hydrogen) atoms. The maximum atomic E-state index is 12.6. The lowest BCUT2D eigenvalue weighted by Crippen LogP contribution is -2.45. The summed E-state index contributed by atoms with van der Waals surface area (Å²) in [5, 5.41) is 22.6. The highest BCUT2D eigenvalue weighted by atomic mass is 16.6. The van der Waals surface area contributed by atoms with E-state index in [4.69, 9.17) is 9.47 Å². The Morgan fingerprint density at radius 2 is 1.43 bits per heavy atom. The van der Waals surface area contributed by atoms with Gasteiger partial charge in [-0.2, -0.15) is 0 Å². The van der Waals surface area contributed by atoms with Crippen molar-refractivity contribution in [2.75, 3.05) is 6.61 Å². The molecule has 0 aliphatic heterocycles. The number of hydrogen-bond donors (Lipinski definition) is 3. The lowest BCUT2D eigenvalue weighted by atomic mass is 9.98. The summed E-state index contributed by atoms with van der Waals surface area (Å²) in [5.74, 6) is -2.16. The SMILES string of the molecule is CC(C)(C)OC(=O)c1ccc([C@@H](O)[C@H](NC(=O)OCC2c3ccccc3-c3ccccc32)C(=O)O)cc1. The average Bonchev–Trinajstić information content (AvgIpc) is 3.18. The number of carbonyl (C=O) groups excluding carboxylic acids is 2. The first-order chi connectivity index (χ1) is 17.5. The first-order valence-electron chi connectivity index (χ1n) is 11.9. The van der Waals surface area contributed by atoms with Crippen molar-refractivity contribution in [2.24, 2.45) is 0 Å². The number of aliphatic hydroxyl groups is 1. The molecule has 0 unspecified atom stereocenters. The number of rotatable bonds is 7. The van der Waals surface area contributed by atoms with Crippen LogP contribution in [0.5, 0.6) is 0 Å². The van der Waals surface area contributed by atoms with E-state index in [9.17, 15) is 24.6 Å². The number of fused-ring (bicyclic) bond motifs is 3. The second kappa shape index (κ2) is 10.4. The predicted octanol–water partition coefficient (Wildman–Crippen LogP) is 4.67. The molecule has 2 atom stereocenters. The monoisotopic (exact) mass is 503 g/mol. The van der Waals surface area contributed by atoms with Crippen LogP contribution in [-0.4, -0.2) is 46.5 Å². The normalized spacial score (nSPS) is 14.2. The molecule has 0 saturated heterocycles. The lowest BCUT2D eigenvalue weighted by molar-refractivity contribution is -0.142. The summed E-state index contributed by atoms with van der Waals surface area (Å²) in [7, 11) is 0. The minimum absolute atomic E-state index is 0.00683. The topological polar surface area (TPSA) is 122 Å². The number of carbonyl (C=O) groups is 3. The zero-order valence-electron chi connectivity index (χ0n) is 20.8. The molecule has 1 amide bonds. The summed E-state index contributed by atoms with van der Waals surface area (Å²) in [6, 6.07) is 19.7. The number of carboxylic acid groups (broad SMARTS) is 1. The van der Waals surface area contributed by atoms with E-state index in [0.717, 1.165) is 22.3 Å². The number of amides is 1. The summed E-state index contributed by atoms with van der Waals surface area (Å²) in [4.78, 5) is 36.7. The molecule has 8 heteroatoms. The predicted molar refractivity (Wildman–Crippen MR) is 136 cm³/mol. The van der Waals surface area contributed by atoms with Crippen LogP contribution in [0.4, 0.5) is 4.79 Å². The summed E-state index contributed by atoms with van der Waals surface area (Å²) in [6.45, 7) is 5.24. The van der Waals surface area contributed by atoms with Crippen LogP contribution in [-0.2, 0) is 14.3 Å². The van der Waals surface area contributed by atoms with E-state index >= 15 is 0 Å². The number of aliphatic hydroxyl groups excluding tert-OH is 1. The molecule has 0 spiro atoms. The molecule has 0 aromatic heterocycles. The van der Waals surface area contributed by atoms with E-state index in [1.54, 1.807) is 20.8 Å². The van der Waals surface area contributed by atoms with Crippen LogP contribution in [0.15, 0.2) is 72.8 Å². The third-order valence-electron chi connectivity index (χ3n) is 6.09. The Bertz CT molecular complexity index is 1260. The standard InChI is InChI=1S/C29H29NO7/c1-29(2,3)37-27(34)18-14-12-17(13-15-18)25(31)24(26(32)33)30-28(35)36-16-23-21-10-6-4-8-19(21)20-9-5-7-11-22(20)23/h4-15,23-25,31H,16H2,1-3H3,(H,30,35)(H,32,33)/t24-,25+/m0/s1. The molecule has 0 bridgehead atoms. The Labute approximate surface area is 214 Å². The maximum Gasteiger partial charge on any atom is 0.407 e.